The van der Waals surface area contributed by atoms with Crippen LogP contribution in [0.3, 0.4) is 0 Å². The predicted octanol–water partition coefficient (Wildman–Crippen LogP) is 20.6. The van der Waals surface area contributed by atoms with Crippen molar-refractivity contribution in [3.05, 3.63) is 244 Å². The van der Waals surface area contributed by atoms with Gasteiger partial charge >= 0.3 is 0 Å². The molecule has 0 spiro atoms. The van der Waals surface area contributed by atoms with Crippen molar-refractivity contribution in [2.45, 2.75) is 69.8 Å². The number of carbonyl (C=O) groups is 3. The van der Waals surface area contributed by atoms with Crippen molar-refractivity contribution >= 4 is 151 Å². The number of anilines is 3. The molecular formula is C63H50Cl7N3O6S3. The van der Waals surface area contributed by atoms with Gasteiger partial charge in [0.05, 0.1) is 48.8 Å². The van der Waals surface area contributed by atoms with E-state index >= 15 is 0 Å². The zero-order valence-electron chi connectivity index (χ0n) is 43.8. The van der Waals surface area contributed by atoms with Crippen LogP contribution in [0.4, 0.5) is 17.1 Å². The third-order valence-corrected chi connectivity index (χ3v) is 17.4. The van der Waals surface area contributed by atoms with Gasteiger partial charge in [0.1, 0.15) is 17.2 Å². The Hall–Kier alpha value is -6.13. The van der Waals surface area contributed by atoms with Crippen LogP contribution < -0.4 is 16.0 Å². The number of halogens is 7. The summed E-state index contributed by atoms with van der Waals surface area (Å²) in [6, 6.07) is 53.8. The van der Waals surface area contributed by atoms with Crippen LogP contribution in [-0.2, 0) is 19.6 Å². The molecule has 9 nitrogen and oxygen atoms in total. The molecule has 0 saturated carbocycles. The second-order valence-electron chi connectivity index (χ2n) is 17.9. The van der Waals surface area contributed by atoms with Gasteiger partial charge in [-0.1, -0.05) is 189 Å². The number of ketones is 3. The summed E-state index contributed by atoms with van der Waals surface area (Å²) in [6.07, 6.45) is 0. The van der Waals surface area contributed by atoms with Crippen molar-refractivity contribution in [3.63, 3.8) is 0 Å². The van der Waals surface area contributed by atoms with E-state index in [1.165, 1.54) is 39.0 Å². The van der Waals surface area contributed by atoms with Crippen molar-refractivity contribution in [1.29, 1.82) is 0 Å². The van der Waals surface area contributed by atoms with Gasteiger partial charge in [0.2, 0.25) is 0 Å². The Balaban J connectivity index is 0.000000177. The Morgan fingerprint density at radius 3 is 1.10 bits per heavy atom. The van der Waals surface area contributed by atoms with E-state index in [1.54, 1.807) is 59.6 Å². The summed E-state index contributed by atoms with van der Waals surface area (Å²) in [5, 5.41) is 44.1. The maximum absolute atomic E-state index is 11.7. The third kappa shape index (κ3) is 17.9. The molecule has 0 unspecified atom stereocenters. The molecule has 0 aliphatic carbocycles. The normalized spacial score (nSPS) is 10.7. The number of benzene rings is 9. The molecule has 0 bridgehead atoms. The van der Waals surface area contributed by atoms with E-state index in [9.17, 15) is 29.7 Å². The molecule has 420 valence electrons. The fourth-order valence-electron chi connectivity index (χ4n) is 7.80. The summed E-state index contributed by atoms with van der Waals surface area (Å²) >= 11 is 47.4. The molecule has 0 heterocycles. The van der Waals surface area contributed by atoms with Crippen molar-refractivity contribution < 1.29 is 29.7 Å². The van der Waals surface area contributed by atoms with E-state index in [1.807, 2.05) is 133 Å². The van der Waals surface area contributed by atoms with Gasteiger partial charge < -0.3 is 31.3 Å². The maximum Gasteiger partial charge on any atom is 0.163 e. The first-order valence-corrected chi connectivity index (χ1v) is 29.9. The number of aromatic hydroxyl groups is 3. The van der Waals surface area contributed by atoms with Crippen LogP contribution in [0.25, 0.3) is 0 Å². The molecular weight excluding hydrogens is 1240 g/mol. The second-order valence-corrected chi connectivity index (χ2v) is 24.2. The van der Waals surface area contributed by atoms with Crippen LogP contribution in [0.5, 0.6) is 17.2 Å². The molecule has 9 aromatic rings. The summed E-state index contributed by atoms with van der Waals surface area (Å²) in [5.74, 6) is -1.03. The minimum atomic E-state index is -0.251. The second kappa shape index (κ2) is 30.4. The van der Waals surface area contributed by atoms with Crippen molar-refractivity contribution in [2.75, 3.05) is 16.0 Å². The van der Waals surface area contributed by atoms with E-state index in [0.717, 1.165) is 46.1 Å². The van der Waals surface area contributed by atoms with Crippen molar-refractivity contribution in [3.8, 4) is 17.2 Å². The topological polar surface area (TPSA) is 148 Å². The van der Waals surface area contributed by atoms with Crippen LogP contribution in [-0.4, -0.2) is 32.7 Å². The molecule has 82 heavy (non-hydrogen) atoms. The number of carbonyl (C=O) groups excluding carboxylic acids is 3. The number of phenolic OH excluding ortho intramolecular Hbond substituents is 3. The number of nitrogens with one attached hydrogen (secondary N) is 3. The minimum absolute atomic E-state index is 0.0909. The Bertz CT molecular complexity index is 3800. The highest BCUT2D eigenvalue weighted by atomic mass is 35.5. The zero-order valence-corrected chi connectivity index (χ0v) is 51.5. The van der Waals surface area contributed by atoms with Crippen LogP contribution >= 0.6 is 116 Å². The zero-order chi connectivity index (χ0) is 59.0. The standard InChI is InChI=1S/C21H16Cl3NO2S.2C21H17Cl2NO2S/c1-12(26)16-8-14(22)9-19(21(16)27)25-11-13-4-2-3-5-20(13)28-15-6-7-17(23)18(24)10-15;1-13(25)16-10-15(22)11-18(21(16)26)24-12-14-6-2-4-8-19(14)27-20-9-5-3-7-17(20)23;1-13(25)18-10-16(23)11-19(21(18)26)24-12-14-5-2-3-8-20(14)27-17-7-4-6-15(22)9-17/h2-10,25,27H,11H2,1H3;2*2-11,24,26H,12H2,1H3. The minimum Gasteiger partial charge on any atom is -0.505 e. The Morgan fingerprint density at radius 2 is 0.720 bits per heavy atom. The molecule has 0 saturated heterocycles. The average molecular weight is 1290 g/mol. The highest BCUT2D eigenvalue weighted by molar-refractivity contribution is 8.00. The number of Topliss-reactive ketones (excluding diaryl/α,β-unsaturated/α-hetero) is 3. The number of phenols is 3. The van der Waals surface area contributed by atoms with Crippen molar-refractivity contribution in [2.24, 2.45) is 0 Å². The van der Waals surface area contributed by atoms with Gasteiger partial charge in [-0.05, 0) is 141 Å². The van der Waals surface area contributed by atoms with Gasteiger partial charge in [0.15, 0.2) is 17.3 Å². The van der Waals surface area contributed by atoms with Crippen LogP contribution in [0, 0.1) is 0 Å². The van der Waals surface area contributed by atoms with E-state index in [0.29, 0.717) is 71.9 Å². The van der Waals surface area contributed by atoms with Gasteiger partial charge in [-0.15, -0.1) is 0 Å². The van der Waals surface area contributed by atoms with Gasteiger partial charge in [0, 0.05) is 69.1 Å². The predicted molar refractivity (Wildman–Crippen MR) is 342 cm³/mol. The SMILES string of the molecule is CC(=O)c1cc(Cl)cc(NCc2ccccc2Sc2ccc(Cl)c(Cl)c2)c1O.CC(=O)c1cc(Cl)cc(NCc2ccccc2Sc2cccc(Cl)c2)c1O.CC(=O)c1cc(Cl)cc(NCc2ccccc2Sc2ccccc2Cl)c1O. The summed E-state index contributed by atoms with van der Waals surface area (Å²) < 4.78 is 0. The lowest BCUT2D eigenvalue weighted by Crippen LogP contribution is -2.03. The first kappa shape index (κ1) is 63.5. The fraction of sp³-hybridized carbons (Fsp3) is 0.0952. The summed E-state index contributed by atoms with van der Waals surface area (Å²) in [4.78, 5) is 41.1. The first-order chi connectivity index (χ1) is 39.2. The molecule has 0 amide bonds. The van der Waals surface area contributed by atoms with Crippen LogP contribution in [0.1, 0.15) is 68.5 Å². The lowest BCUT2D eigenvalue weighted by Gasteiger charge is -2.14. The lowest BCUT2D eigenvalue weighted by atomic mass is 10.1. The molecule has 0 atom stereocenters. The Kier molecular flexibility index (Phi) is 23.5. The number of rotatable bonds is 18. The molecule has 19 heteroatoms. The summed E-state index contributed by atoms with van der Waals surface area (Å²) in [5.41, 5.74) is 4.94. The Labute approximate surface area is 523 Å². The molecule has 9 rings (SSSR count). The monoisotopic (exact) mass is 1290 g/mol. The highest BCUT2D eigenvalue weighted by Gasteiger charge is 2.18. The molecule has 0 fully saturated rings. The van der Waals surface area contributed by atoms with E-state index in [4.69, 9.17) is 81.2 Å². The third-order valence-electron chi connectivity index (χ3n) is 11.9. The van der Waals surface area contributed by atoms with Crippen LogP contribution in [0.2, 0.25) is 35.2 Å². The van der Waals surface area contributed by atoms with Crippen LogP contribution in [0.15, 0.2) is 205 Å². The van der Waals surface area contributed by atoms with Gasteiger partial charge in [-0.3, -0.25) is 14.4 Å². The quantitative estimate of drug-likeness (QED) is 0.0359. The summed E-state index contributed by atoms with van der Waals surface area (Å²) in [7, 11) is 0. The lowest BCUT2D eigenvalue weighted by molar-refractivity contribution is 0.100. The van der Waals surface area contributed by atoms with Gasteiger partial charge in [-0.25, -0.2) is 0 Å². The molecule has 0 aliphatic heterocycles. The molecule has 6 N–H and O–H groups in total. The smallest absolute Gasteiger partial charge is 0.163 e. The van der Waals surface area contributed by atoms with E-state index in [2.05, 4.69) is 16.0 Å². The Morgan fingerprint density at radius 1 is 0.354 bits per heavy atom. The first-order valence-electron chi connectivity index (χ1n) is 24.8. The van der Waals surface area contributed by atoms with Gasteiger partial charge in [0.25, 0.3) is 0 Å². The average Bonchev–Trinajstić information content (AvgIpc) is 3.55. The molecule has 0 radical (unpaired) electrons. The molecule has 0 aliphatic rings. The van der Waals surface area contributed by atoms with E-state index in [-0.39, 0.29) is 51.3 Å². The molecule has 0 aromatic heterocycles. The van der Waals surface area contributed by atoms with Gasteiger partial charge in [-0.2, -0.15) is 0 Å². The van der Waals surface area contributed by atoms with E-state index < -0.39 is 0 Å². The summed E-state index contributed by atoms with van der Waals surface area (Å²) in [6.45, 7) is 5.54. The largest absolute Gasteiger partial charge is 0.505 e. The fourth-order valence-corrected chi connectivity index (χ4v) is 12.3. The highest BCUT2D eigenvalue weighted by Crippen LogP contribution is 2.40. The maximum atomic E-state index is 11.7. The number of hydrogen-bond donors (Lipinski definition) is 6. The molecule has 9 aromatic carbocycles. The number of hydrogen-bond acceptors (Lipinski definition) is 12. The van der Waals surface area contributed by atoms with Crippen molar-refractivity contribution in [1.82, 2.24) is 0 Å².